The Morgan fingerprint density at radius 3 is 1.71 bits per heavy atom. The van der Waals surface area contributed by atoms with Gasteiger partial charge in [0, 0.05) is 0 Å². The number of allylic oxidation sites excluding steroid dienone is 2. The maximum atomic E-state index is 3.56. The second kappa shape index (κ2) is 9.51. The summed E-state index contributed by atoms with van der Waals surface area (Å²) in [6, 6.07) is 0. The molecule has 0 fully saturated rings. The topological polar surface area (TPSA) is 0 Å². The van der Waals surface area contributed by atoms with Crippen molar-refractivity contribution in [3.8, 4) is 0 Å². The highest BCUT2D eigenvalue weighted by atomic mass is 127. The van der Waals surface area contributed by atoms with E-state index in [0.717, 1.165) is 5.57 Å². The molecule has 1 heteroatoms. The summed E-state index contributed by atoms with van der Waals surface area (Å²) in [7, 11) is 0. The lowest BCUT2D eigenvalue weighted by Gasteiger charge is -1.71. The van der Waals surface area contributed by atoms with Crippen LogP contribution in [0.2, 0.25) is 0 Å². The molecule has 0 spiro atoms. The molecule has 0 aromatic carbocycles. The van der Waals surface area contributed by atoms with E-state index in [2.05, 4.69) is 35.7 Å². The molecule has 0 aliphatic carbocycles. The van der Waals surface area contributed by atoms with Crippen molar-refractivity contribution in [1.82, 2.24) is 0 Å². The van der Waals surface area contributed by atoms with Crippen LogP contribution in [0.3, 0.4) is 0 Å². The fourth-order valence-corrected chi connectivity index (χ4v) is 0. The predicted octanol–water partition coefficient (Wildman–Crippen LogP) is 2.80. The van der Waals surface area contributed by atoms with Crippen LogP contribution in [0, 0.1) is 0 Å². The number of rotatable bonds is 1. The van der Waals surface area contributed by atoms with E-state index in [1.54, 1.807) is 6.08 Å². The van der Waals surface area contributed by atoms with Gasteiger partial charge in [0.15, 0.2) is 0 Å². The van der Waals surface area contributed by atoms with Crippen LogP contribution in [0.4, 0.5) is 0 Å². The van der Waals surface area contributed by atoms with Crippen molar-refractivity contribution in [3.05, 3.63) is 24.8 Å². The summed E-state index contributed by atoms with van der Waals surface area (Å²) in [5.41, 5.74) is 1.02. The maximum Gasteiger partial charge on any atom is -0.0121 e. The van der Waals surface area contributed by atoms with E-state index in [4.69, 9.17) is 0 Å². The summed E-state index contributed by atoms with van der Waals surface area (Å²) in [5, 5.41) is 0. The number of hydrogen-bond donors (Lipinski definition) is 0. The van der Waals surface area contributed by atoms with Crippen molar-refractivity contribution >= 4 is 22.6 Å². The quantitative estimate of drug-likeness (QED) is 0.354. The first-order valence-electron chi connectivity index (χ1n) is 1.93. The standard InChI is InChI=1S/C5H8.CH3I/c1-4-5(2)3;1-2/h4H,1-2H2,3H3;1H3. The first-order chi connectivity index (χ1) is 3.27. The van der Waals surface area contributed by atoms with E-state index in [9.17, 15) is 0 Å². The van der Waals surface area contributed by atoms with Gasteiger partial charge in [-0.15, -0.1) is 0 Å². The van der Waals surface area contributed by atoms with Gasteiger partial charge in [-0.3, -0.25) is 0 Å². The minimum absolute atomic E-state index is 1.02. The Hall–Kier alpha value is 0.210. The van der Waals surface area contributed by atoms with Gasteiger partial charge >= 0.3 is 0 Å². The average molecular weight is 210 g/mol. The Balaban J connectivity index is 0. The van der Waals surface area contributed by atoms with Crippen LogP contribution in [0.5, 0.6) is 0 Å². The number of alkyl halides is 1. The molecule has 7 heavy (non-hydrogen) atoms. The molecule has 0 aliphatic heterocycles. The predicted molar refractivity (Wildman–Crippen MR) is 45.0 cm³/mol. The van der Waals surface area contributed by atoms with Gasteiger partial charge in [0.25, 0.3) is 0 Å². The Labute approximate surface area is 59.5 Å². The van der Waals surface area contributed by atoms with Gasteiger partial charge in [-0.1, -0.05) is 47.4 Å². The van der Waals surface area contributed by atoms with Crippen LogP contribution in [0.25, 0.3) is 0 Å². The van der Waals surface area contributed by atoms with Gasteiger partial charge in [-0.05, 0) is 11.9 Å². The normalized spacial score (nSPS) is 5.57. The highest BCUT2D eigenvalue weighted by Gasteiger charge is 1.59. The SMILES string of the molecule is C=CC(=C)C.CI. The monoisotopic (exact) mass is 210 g/mol. The zero-order valence-electron chi connectivity index (χ0n) is 4.87. The second-order valence-electron chi connectivity index (χ2n) is 1.05. The van der Waals surface area contributed by atoms with Crippen LogP contribution in [-0.2, 0) is 0 Å². The van der Waals surface area contributed by atoms with Crippen LogP contribution >= 0.6 is 22.6 Å². The molecule has 0 heterocycles. The summed E-state index contributed by atoms with van der Waals surface area (Å²) in [4.78, 5) is 1.97. The molecular weight excluding hydrogens is 199 g/mol. The molecule has 0 radical (unpaired) electrons. The lowest BCUT2D eigenvalue weighted by molar-refractivity contribution is 1.58. The van der Waals surface area contributed by atoms with Crippen LogP contribution in [0.1, 0.15) is 6.92 Å². The molecule has 0 aliphatic rings. The highest BCUT2D eigenvalue weighted by Crippen LogP contribution is 1.81. The summed E-state index contributed by atoms with van der Waals surface area (Å²) in [6.07, 6.45) is 1.72. The molecule has 0 saturated carbocycles. The molecule has 0 bridgehead atoms. The fourth-order valence-electron chi connectivity index (χ4n) is 0. The Morgan fingerprint density at radius 1 is 1.57 bits per heavy atom. The molecule has 0 aromatic rings. The Bertz CT molecular complexity index is 55.2. The molecule has 0 amide bonds. The third-order valence-corrected chi connectivity index (χ3v) is 0.348. The molecule has 0 aromatic heterocycles. The minimum Gasteiger partial charge on any atom is -0.0988 e. The summed E-state index contributed by atoms with van der Waals surface area (Å²) in [6.45, 7) is 8.93. The highest BCUT2D eigenvalue weighted by molar-refractivity contribution is 14.1. The molecular formula is C6H11I. The lowest BCUT2D eigenvalue weighted by Crippen LogP contribution is -1.50. The van der Waals surface area contributed by atoms with Crippen LogP contribution < -0.4 is 0 Å². The van der Waals surface area contributed by atoms with Gasteiger partial charge in [-0.2, -0.15) is 0 Å². The van der Waals surface area contributed by atoms with E-state index in [-0.39, 0.29) is 0 Å². The Morgan fingerprint density at radius 2 is 1.71 bits per heavy atom. The van der Waals surface area contributed by atoms with Gasteiger partial charge in [-0.25, -0.2) is 0 Å². The van der Waals surface area contributed by atoms with Gasteiger partial charge in [0.05, 0.1) is 0 Å². The zero-order valence-corrected chi connectivity index (χ0v) is 7.03. The van der Waals surface area contributed by atoms with Crippen molar-refractivity contribution in [2.45, 2.75) is 6.92 Å². The van der Waals surface area contributed by atoms with Crippen molar-refractivity contribution in [2.75, 3.05) is 4.93 Å². The fraction of sp³-hybridized carbons (Fsp3) is 0.333. The van der Waals surface area contributed by atoms with Crippen molar-refractivity contribution < 1.29 is 0 Å². The summed E-state index contributed by atoms with van der Waals surface area (Å²) >= 11 is 2.15. The largest absolute Gasteiger partial charge is 0.0988 e. The van der Waals surface area contributed by atoms with Crippen molar-refractivity contribution in [2.24, 2.45) is 0 Å². The van der Waals surface area contributed by atoms with E-state index >= 15 is 0 Å². The van der Waals surface area contributed by atoms with Crippen LogP contribution in [0.15, 0.2) is 24.8 Å². The number of halogens is 1. The van der Waals surface area contributed by atoms with Crippen molar-refractivity contribution in [3.63, 3.8) is 0 Å². The first kappa shape index (κ1) is 10.2. The summed E-state index contributed by atoms with van der Waals surface area (Å²) < 4.78 is 0. The number of hydrogen-bond acceptors (Lipinski definition) is 0. The maximum absolute atomic E-state index is 3.56. The van der Waals surface area contributed by atoms with E-state index in [1.807, 2.05) is 11.9 Å². The van der Waals surface area contributed by atoms with Crippen LogP contribution in [-0.4, -0.2) is 4.93 Å². The van der Waals surface area contributed by atoms with E-state index < -0.39 is 0 Å². The third kappa shape index (κ3) is 22.5. The van der Waals surface area contributed by atoms with Crippen molar-refractivity contribution in [1.29, 1.82) is 0 Å². The summed E-state index contributed by atoms with van der Waals surface area (Å²) in [5.74, 6) is 0. The molecule has 0 N–H and O–H groups in total. The van der Waals surface area contributed by atoms with E-state index in [1.165, 1.54) is 0 Å². The molecule has 42 valence electrons. The molecule has 0 rings (SSSR count). The lowest BCUT2D eigenvalue weighted by atomic mass is 10.4. The molecule has 0 nitrogen and oxygen atoms in total. The second-order valence-corrected chi connectivity index (χ2v) is 1.05. The van der Waals surface area contributed by atoms with Gasteiger partial charge in [0.1, 0.15) is 0 Å². The molecule has 0 unspecified atom stereocenters. The third-order valence-electron chi connectivity index (χ3n) is 0.348. The molecule has 0 atom stereocenters. The van der Waals surface area contributed by atoms with Gasteiger partial charge in [0.2, 0.25) is 0 Å². The average Bonchev–Trinajstić information content (AvgIpc) is 1.73. The van der Waals surface area contributed by atoms with Gasteiger partial charge < -0.3 is 0 Å². The first-order valence-corrected chi connectivity index (χ1v) is 4.09. The zero-order chi connectivity index (χ0) is 6.28. The minimum atomic E-state index is 1.02. The van der Waals surface area contributed by atoms with E-state index in [0.29, 0.717) is 0 Å². The smallest absolute Gasteiger partial charge is 0.0121 e. The molecule has 0 saturated heterocycles. The Kier molecular flexibility index (Phi) is 13.9.